The number of carboxylic acids is 1. The number of benzene rings is 2. The van der Waals surface area contributed by atoms with Crippen LogP contribution in [0, 0.1) is 11.3 Å². The second-order valence-corrected chi connectivity index (χ2v) is 5.58. The molecule has 2 N–H and O–H groups in total. The highest BCUT2D eigenvalue weighted by atomic mass is 16.4. The summed E-state index contributed by atoms with van der Waals surface area (Å²) >= 11 is 0. The average Bonchev–Trinajstić information content (AvgIpc) is 3.16. The highest BCUT2D eigenvalue weighted by molar-refractivity contribution is 6.02. The van der Waals surface area contributed by atoms with Crippen molar-refractivity contribution in [3.63, 3.8) is 0 Å². The van der Waals surface area contributed by atoms with Crippen LogP contribution in [0.15, 0.2) is 76.8 Å². The summed E-state index contributed by atoms with van der Waals surface area (Å²) in [7, 11) is 0. The van der Waals surface area contributed by atoms with Gasteiger partial charge in [-0.2, -0.15) is 5.26 Å². The Labute approximate surface area is 155 Å². The van der Waals surface area contributed by atoms with Gasteiger partial charge in [0.2, 0.25) is 0 Å². The lowest BCUT2D eigenvalue weighted by molar-refractivity contribution is -0.132. The highest BCUT2D eigenvalue weighted by Crippen LogP contribution is 2.24. The number of aliphatic carboxylic acids is 1. The molecule has 2 aromatic carbocycles. The Morgan fingerprint density at radius 2 is 1.81 bits per heavy atom. The van der Waals surface area contributed by atoms with E-state index in [2.05, 4.69) is 5.32 Å². The van der Waals surface area contributed by atoms with E-state index in [1.54, 1.807) is 66.7 Å². The van der Waals surface area contributed by atoms with Crippen LogP contribution < -0.4 is 5.32 Å². The lowest BCUT2D eigenvalue weighted by atomic mass is 10.1. The van der Waals surface area contributed by atoms with Gasteiger partial charge in [0.25, 0.3) is 5.91 Å². The van der Waals surface area contributed by atoms with Crippen molar-refractivity contribution < 1.29 is 19.1 Å². The van der Waals surface area contributed by atoms with E-state index in [1.165, 1.54) is 6.08 Å². The summed E-state index contributed by atoms with van der Waals surface area (Å²) in [6, 6.07) is 20.5. The summed E-state index contributed by atoms with van der Waals surface area (Å²) in [5, 5.41) is 20.7. The second-order valence-electron chi connectivity index (χ2n) is 5.58. The molecule has 0 saturated carbocycles. The maximum atomic E-state index is 12.2. The lowest BCUT2D eigenvalue weighted by Crippen LogP contribution is -2.27. The van der Waals surface area contributed by atoms with E-state index >= 15 is 0 Å². The van der Waals surface area contributed by atoms with Crippen molar-refractivity contribution in [3.05, 3.63) is 89.3 Å². The number of furan rings is 1. The molecular weight excluding hydrogens is 344 g/mol. The van der Waals surface area contributed by atoms with Gasteiger partial charge >= 0.3 is 5.97 Å². The van der Waals surface area contributed by atoms with E-state index in [4.69, 9.17) is 9.68 Å². The molecule has 3 rings (SSSR count). The number of rotatable bonds is 5. The minimum absolute atomic E-state index is 0.262. The lowest BCUT2D eigenvalue weighted by Gasteiger charge is -2.05. The molecule has 1 heterocycles. The Morgan fingerprint density at radius 3 is 2.52 bits per heavy atom. The van der Waals surface area contributed by atoms with Crippen molar-refractivity contribution in [2.75, 3.05) is 0 Å². The monoisotopic (exact) mass is 358 g/mol. The first-order valence-electron chi connectivity index (χ1n) is 7.98. The van der Waals surface area contributed by atoms with Crippen molar-refractivity contribution in [2.45, 2.75) is 0 Å². The van der Waals surface area contributed by atoms with E-state index in [0.29, 0.717) is 22.5 Å². The van der Waals surface area contributed by atoms with Crippen LogP contribution in [0.3, 0.4) is 0 Å². The van der Waals surface area contributed by atoms with Gasteiger partial charge in [-0.15, -0.1) is 0 Å². The summed E-state index contributed by atoms with van der Waals surface area (Å²) in [5.74, 6) is -1.07. The van der Waals surface area contributed by atoms with Gasteiger partial charge in [0, 0.05) is 17.2 Å². The third kappa shape index (κ3) is 4.30. The molecule has 0 aliphatic heterocycles. The number of carbonyl (C=O) groups excluding carboxylic acids is 1. The van der Waals surface area contributed by atoms with Crippen LogP contribution in [-0.2, 0) is 4.79 Å². The number of carboxylic acid groups (broad SMARTS) is 1. The summed E-state index contributed by atoms with van der Waals surface area (Å²) < 4.78 is 5.64. The summed E-state index contributed by atoms with van der Waals surface area (Å²) in [6.07, 6.45) is 1.24. The van der Waals surface area contributed by atoms with Crippen LogP contribution in [0.25, 0.3) is 17.4 Å². The molecule has 0 spiro atoms. The van der Waals surface area contributed by atoms with E-state index in [-0.39, 0.29) is 11.5 Å². The van der Waals surface area contributed by atoms with Gasteiger partial charge in [0.15, 0.2) is 0 Å². The topological polar surface area (TPSA) is 103 Å². The molecule has 0 atom stereocenters. The van der Waals surface area contributed by atoms with E-state index < -0.39 is 11.9 Å². The zero-order valence-electron chi connectivity index (χ0n) is 14.0. The summed E-state index contributed by atoms with van der Waals surface area (Å²) in [5.41, 5.74) is 1.22. The van der Waals surface area contributed by atoms with Gasteiger partial charge in [-0.25, -0.2) is 4.79 Å². The molecule has 27 heavy (non-hydrogen) atoms. The van der Waals surface area contributed by atoms with Gasteiger partial charge in [-0.1, -0.05) is 30.3 Å². The molecule has 0 fully saturated rings. The minimum atomic E-state index is -1.29. The number of amides is 1. The molecular formula is C21H14N2O4. The largest absolute Gasteiger partial charge is 0.477 e. The van der Waals surface area contributed by atoms with E-state index in [9.17, 15) is 14.7 Å². The first-order valence-corrected chi connectivity index (χ1v) is 7.98. The van der Waals surface area contributed by atoms with Gasteiger partial charge in [-0.05, 0) is 36.4 Å². The summed E-state index contributed by atoms with van der Waals surface area (Å²) in [4.78, 5) is 23.6. The van der Waals surface area contributed by atoms with E-state index in [0.717, 1.165) is 0 Å². The summed E-state index contributed by atoms with van der Waals surface area (Å²) in [6.45, 7) is 0. The molecule has 0 bridgehead atoms. The molecule has 1 aromatic heterocycles. The van der Waals surface area contributed by atoms with Gasteiger partial charge in [0.1, 0.15) is 17.2 Å². The standard InChI is InChI=1S/C21H14N2O4/c22-13-14-5-4-8-16(11-14)19-10-9-17(27-19)12-18(21(25)26)23-20(24)15-6-2-1-3-7-15/h1-12H,(H,23,24)(H,25,26). The fourth-order valence-corrected chi connectivity index (χ4v) is 2.41. The predicted octanol–water partition coefficient (Wildman–Crippen LogP) is 3.67. The smallest absolute Gasteiger partial charge is 0.352 e. The van der Waals surface area contributed by atoms with Crippen LogP contribution in [0.5, 0.6) is 0 Å². The van der Waals surface area contributed by atoms with Crippen molar-refractivity contribution >= 4 is 18.0 Å². The normalized spacial score (nSPS) is 10.9. The van der Waals surface area contributed by atoms with Gasteiger partial charge in [-0.3, -0.25) is 4.79 Å². The zero-order chi connectivity index (χ0) is 19.2. The predicted molar refractivity (Wildman–Crippen MR) is 98.4 cm³/mol. The average molecular weight is 358 g/mol. The van der Waals surface area contributed by atoms with Crippen LogP contribution in [0.1, 0.15) is 21.7 Å². The third-order valence-corrected chi connectivity index (χ3v) is 3.70. The fourth-order valence-electron chi connectivity index (χ4n) is 2.41. The molecule has 0 saturated heterocycles. The molecule has 6 heteroatoms. The SMILES string of the molecule is N#Cc1cccc(-c2ccc(C=C(NC(=O)c3ccccc3)C(=O)O)o2)c1. The molecule has 0 radical (unpaired) electrons. The van der Waals surface area contributed by atoms with Crippen LogP contribution >= 0.6 is 0 Å². The maximum Gasteiger partial charge on any atom is 0.352 e. The molecule has 3 aromatic rings. The Kier molecular flexibility index (Phi) is 5.15. The molecule has 6 nitrogen and oxygen atoms in total. The first kappa shape index (κ1) is 17.7. The van der Waals surface area contributed by atoms with Crippen LogP contribution in [0.4, 0.5) is 0 Å². The zero-order valence-corrected chi connectivity index (χ0v) is 14.0. The van der Waals surface area contributed by atoms with Crippen molar-refractivity contribution in [1.82, 2.24) is 5.32 Å². The quantitative estimate of drug-likeness (QED) is 0.677. The Hall–Kier alpha value is -4.11. The van der Waals surface area contributed by atoms with Gasteiger partial charge < -0.3 is 14.8 Å². The number of nitrogens with one attached hydrogen (secondary N) is 1. The Bertz CT molecular complexity index is 1060. The number of nitrogens with zero attached hydrogens (tertiary/aromatic N) is 1. The fraction of sp³-hybridized carbons (Fsp3) is 0. The van der Waals surface area contributed by atoms with Crippen molar-refractivity contribution in [1.29, 1.82) is 5.26 Å². The molecule has 0 aliphatic rings. The van der Waals surface area contributed by atoms with Crippen LogP contribution in [-0.4, -0.2) is 17.0 Å². The van der Waals surface area contributed by atoms with Crippen molar-refractivity contribution in [2.24, 2.45) is 0 Å². The maximum absolute atomic E-state index is 12.2. The molecule has 132 valence electrons. The molecule has 0 aliphatic carbocycles. The van der Waals surface area contributed by atoms with Crippen LogP contribution in [0.2, 0.25) is 0 Å². The number of carbonyl (C=O) groups is 2. The first-order chi connectivity index (χ1) is 13.1. The number of hydrogen-bond acceptors (Lipinski definition) is 4. The molecule has 1 amide bonds. The minimum Gasteiger partial charge on any atom is -0.477 e. The Morgan fingerprint density at radius 1 is 1.04 bits per heavy atom. The second kappa shape index (κ2) is 7.85. The Balaban J connectivity index is 1.85. The van der Waals surface area contributed by atoms with Gasteiger partial charge in [0.05, 0.1) is 11.6 Å². The molecule has 0 unspecified atom stereocenters. The van der Waals surface area contributed by atoms with E-state index in [1.807, 2.05) is 6.07 Å². The third-order valence-electron chi connectivity index (χ3n) is 3.70. The van der Waals surface area contributed by atoms with Crippen molar-refractivity contribution in [3.8, 4) is 17.4 Å². The number of hydrogen-bond donors (Lipinski definition) is 2. The number of nitriles is 1. The highest BCUT2D eigenvalue weighted by Gasteiger charge is 2.14.